The molecule has 0 saturated carbocycles. The number of rotatable bonds is 6. The third-order valence-electron chi connectivity index (χ3n) is 3.44. The maximum absolute atomic E-state index is 10.3. The summed E-state index contributed by atoms with van der Waals surface area (Å²) in [5.41, 5.74) is 3.55. The Bertz CT molecular complexity index is 522. The van der Waals surface area contributed by atoms with E-state index in [9.17, 15) is 5.11 Å². The van der Waals surface area contributed by atoms with Gasteiger partial charge in [0.15, 0.2) is 0 Å². The van der Waals surface area contributed by atoms with Gasteiger partial charge in [0.1, 0.15) is 0 Å². The first kappa shape index (κ1) is 14.7. The summed E-state index contributed by atoms with van der Waals surface area (Å²) in [4.78, 5) is 4.01. The van der Waals surface area contributed by atoms with E-state index in [0.717, 1.165) is 24.8 Å². The number of aryl methyl sites for hydroxylation is 1. The average molecular weight is 269 g/mol. The molecule has 2 nitrogen and oxygen atoms in total. The summed E-state index contributed by atoms with van der Waals surface area (Å²) in [5.74, 6) is 0.638. The Morgan fingerprint density at radius 1 is 1.05 bits per heavy atom. The van der Waals surface area contributed by atoms with Crippen LogP contribution in [-0.4, -0.2) is 10.1 Å². The molecule has 2 heteroatoms. The van der Waals surface area contributed by atoms with Crippen molar-refractivity contribution in [3.05, 3.63) is 65.5 Å². The molecule has 0 amide bonds. The van der Waals surface area contributed by atoms with Crippen LogP contribution in [0, 0.1) is 5.92 Å². The van der Waals surface area contributed by atoms with E-state index in [4.69, 9.17) is 0 Å². The molecule has 20 heavy (non-hydrogen) atoms. The molecule has 106 valence electrons. The first-order chi connectivity index (χ1) is 9.65. The zero-order valence-electron chi connectivity index (χ0n) is 12.3. The Labute approximate surface area is 121 Å². The smallest absolute Gasteiger partial charge is 0.0793 e. The lowest BCUT2D eigenvalue weighted by molar-refractivity contribution is 0.167. The summed E-state index contributed by atoms with van der Waals surface area (Å²) in [6, 6.07) is 12.3. The van der Waals surface area contributed by atoms with Crippen LogP contribution in [-0.2, 0) is 12.8 Å². The number of aliphatic hydroxyl groups is 1. The summed E-state index contributed by atoms with van der Waals surface area (Å²) in [5, 5.41) is 10.3. The topological polar surface area (TPSA) is 33.1 Å². The van der Waals surface area contributed by atoms with Crippen molar-refractivity contribution in [2.45, 2.75) is 39.2 Å². The number of aromatic nitrogens is 1. The number of benzene rings is 1. The van der Waals surface area contributed by atoms with Crippen LogP contribution in [0.2, 0.25) is 0 Å². The van der Waals surface area contributed by atoms with Gasteiger partial charge in [0.25, 0.3) is 0 Å². The van der Waals surface area contributed by atoms with Crippen molar-refractivity contribution >= 4 is 0 Å². The summed E-state index contributed by atoms with van der Waals surface area (Å²) in [7, 11) is 0. The van der Waals surface area contributed by atoms with E-state index in [-0.39, 0.29) is 0 Å². The molecule has 0 aliphatic heterocycles. The average Bonchev–Trinajstić information content (AvgIpc) is 2.45. The standard InChI is InChI=1S/C18H23NO/c1-14(2)12-16-4-3-5-17(13-16)18(20)7-6-15-8-10-19-11-9-15/h3-5,8-11,13-14,18,20H,6-7,12H2,1-2H3. The molecular weight excluding hydrogens is 246 g/mol. The number of aliphatic hydroxyl groups excluding tert-OH is 1. The summed E-state index contributed by atoms with van der Waals surface area (Å²) in [6.45, 7) is 4.43. The SMILES string of the molecule is CC(C)Cc1cccc(C(O)CCc2ccncc2)c1. The highest BCUT2D eigenvalue weighted by Crippen LogP contribution is 2.21. The molecule has 1 atom stereocenters. The normalized spacial score (nSPS) is 12.6. The van der Waals surface area contributed by atoms with Crippen LogP contribution in [0.4, 0.5) is 0 Å². The molecule has 0 spiro atoms. The first-order valence-electron chi connectivity index (χ1n) is 7.31. The molecule has 2 aromatic rings. The van der Waals surface area contributed by atoms with Crippen molar-refractivity contribution in [1.82, 2.24) is 4.98 Å². The third-order valence-corrected chi connectivity index (χ3v) is 3.44. The largest absolute Gasteiger partial charge is 0.388 e. The van der Waals surface area contributed by atoms with Crippen molar-refractivity contribution in [2.24, 2.45) is 5.92 Å². The fourth-order valence-electron chi connectivity index (χ4n) is 2.42. The van der Waals surface area contributed by atoms with Gasteiger partial charge in [0, 0.05) is 12.4 Å². The lowest BCUT2D eigenvalue weighted by Gasteiger charge is -2.13. The summed E-state index contributed by atoms with van der Waals surface area (Å²) in [6.07, 6.45) is 5.88. The van der Waals surface area contributed by atoms with E-state index in [1.165, 1.54) is 11.1 Å². The van der Waals surface area contributed by atoms with Gasteiger partial charge >= 0.3 is 0 Å². The van der Waals surface area contributed by atoms with Crippen molar-refractivity contribution in [3.63, 3.8) is 0 Å². The Hall–Kier alpha value is -1.67. The Balaban J connectivity index is 1.96. The molecule has 0 fully saturated rings. The van der Waals surface area contributed by atoms with Gasteiger partial charge < -0.3 is 5.11 Å². The molecule has 0 aliphatic carbocycles. The minimum atomic E-state index is -0.393. The maximum atomic E-state index is 10.3. The van der Waals surface area contributed by atoms with Gasteiger partial charge in [-0.3, -0.25) is 4.98 Å². The van der Waals surface area contributed by atoms with Crippen LogP contribution >= 0.6 is 0 Å². The highest BCUT2D eigenvalue weighted by molar-refractivity contribution is 5.25. The van der Waals surface area contributed by atoms with Gasteiger partial charge in [-0.25, -0.2) is 0 Å². The maximum Gasteiger partial charge on any atom is 0.0793 e. The predicted octanol–water partition coefficient (Wildman–Crippen LogP) is 3.95. The second-order valence-corrected chi connectivity index (χ2v) is 5.75. The summed E-state index contributed by atoms with van der Waals surface area (Å²) >= 11 is 0. The summed E-state index contributed by atoms with van der Waals surface area (Å²) < 4.78 is 0. The number of nitrogens with zero attached hydrogens (tertiary/aromatic N) is 1. The lowest BCUT2D eigenvalue weighted by atomic mass is 9.97. The third kappa shape index (κ3) is 4.46. The second kappa shape index (κ2) is 7.20. The minimum Gasteiger partial charge on any atom is -0.388 e. The molecule has 0 radical (unpaired) electrons. The van der Waals surface area contributed by atoms with Crippen molar-refractivity contribution in [1.29, 1.82) is 0 Å². The Morgan fingerprint density at radius 2 is 1.80 bits per heavy atom. The monoisotopic (exact) mass is 269 g/mol. The van der Waals surface area contributed by atoms with Gasteiger partial charge in [-0.05, 0) is 54.0 Å². The van der Waals surface area contributed by atoms with Gasteiger partial charge in [0.2, 0.25) is 0 Å². The minimum absolute atomic E-state index is 0.393. The highest BCUT2D eigenvalue weighted by atomic mass is 16.3. The van der Waals surface area contributed by atoms with E-state index >= 15 is 0 Å². The molecule has 1 N–H and O–H groups in total. The quantitative estimate of drug-likeness (QED) is 0.861. The zero-order chi connectivity index (χ0) is 14.4. The van der Waals surface area contributed by atoms with Gasteiger partial charge in [-0.15, -0.1) is 0 Å². The van der Waals surface area contributed by atoms with E-state index < -0.39 is 6.10 Å². The lowest BCUT2D eigenvalue weighted by Crippen LogP contribution is -2.02. The van der Waals surface area contributed by atoms with Crippen molar-refractivity contribution in [3.8, 4) is 0 Å². The van der Waals surface area contributed by atoms with Crippen LogP contribution in [0.3, 0.4) is 0 Å². The molecule has 1 heterocycles. The van der Waals surface area contributed by atoms with Crippen LogP contribution in [0.5, 0.6) is 0 Å². The van der Waals surface area contributed by atoms with Gasteiger partial charge in [-0.2, -0.15) is 0 Å². The van der Waals surface area contributed by atoms with E-state index in [0.29, 0.717) is 5.92 Å². The number of hydrogen-bond acceptors (Lipinski definition) is 2. The van der Waals surface area contributed by atoms with Gasteiger partial charge in [0.05, 0.1) is 6.10 Å². The first-order valence-corrected chi connectivity index (χ1v) is 7.31. The highest BCUT2D eigenvalue weighted by Gasteiger charge is 2.09. The molecule has 1 aromatic carbocycles. The molecule has 2 rings (SSSR count). The molecule has 1 aromatic heterocycles. The molecule has 0 bridgehead atoms. The number of hydrogen-bond donors (Lipinski definition) is 1. The Morgan fingerprint density at radius 3 is 2.50 bits per heavy atom. The van der Waals surface area contributed by atoms with E-state index in [1.807, 2.05) is 24.3 Å². The zero-order valence-corrected chi connectivity index (χ0v) is 12.3. The van der Waals surface area contributed by atoms with Crippen molar-refractivity contribution < 1.29 is 5.11 Å². The molecule has 1 unspecified atom stereocenters. The molecule has 0 saturated heterocycles. The van der Waals surface area contributed by atoms with Crippen LogP contribution in [0.15, 0.2) is 48.8 Å². The fourth-order valence-corrected chi connectivity index (χ4v) is 2.42. The molecular formula is C18H23NO. The second-order valence-electron chi connectivity index (χ2n) is 5.75. The van der Waals surface area contributed by atoms with Crippen LogP contribution in [0.1, 0.15) is 43.1 Å². The van der Waals surface area contributed by atoms with Crippen LogP contribution in [0.25, 0.3) is 0 Å². The van der Waals surface area contributed by atoms with Crippen molar-refractivity contribution in [2.75, 3.05) is 0 Å². The number of pyridine rings is 1. The van der Waals surface area contributed by atoms with E-state index in [2.05, 4.69) is 31.0 Å². The van der Waals surface area contributed by atoms with Gasteiger partial charge in [-0.1, -0.05) is 38.1 Å². The molecule has 0 aliphatic rings. The Kier molecular flexibility index (Phi) is 5.31. The van der Waals surface area contributed by atoms with Crippen LogP contribution < -0.4 is 0 Å². The fraction of sp³-hybridized carbons (Fsp3) is 0.389. The predicted molar refractivity (Wildman–Crippen MR) is 82.5 cm³/mol. The van der Waals surface area contributed by atoms with E-state index in [1.54, 1.807) is 12.4 Å².